The first-order valence-electron chi connectivity index (χ1n) is 9.25. The minimum Gasteiger partial charge on any atom is -0.376 e. The first kappa shape index (κ1) is 20.6. The Bertz CT molecular complexity index is 1110. The molecule has 3 aromatic rings. The number of hydrogen-bond acceptors (Lipinski definition) is 7. The number of aromatic nitrogens is 2. The van der Waals surface area contributed by atoms with Crippen molar-refractivity contribution in [2.45, 2.75) is 18.7 Å². The normalized spacial score (nSPS) is 11.2. The van der Waals surface area contributed by atoms with Crippen LogP contribution in [0.5, 0.6) is 0 Å². The highest BCUT2D eigenvalue weighted by atomic mass is 32.2. The van der Waals surface area contributed by atoms with Crippen molar-refractivity contribution in [2.24, 2.45) is 0 Å². The van der Waals surface area contributed by atoms with Gasteiger partial charge in [-0.3, -0.25) is 0 Å². The quantitative estimate of drug-likeness (QED) is 0.604. The maximum Gasteiger partial charge on any atom is 0.178 e. The molecule has 8 heteroatoms. The Morgan fingerprint density at radius 2 is 1.69 bits per heavy atom. The summed E-state index contributed by atoms with van der Waals surface area (Å²) in [6, 6.07) is 14.8. The highest BCUT2D eigenvalue weighted by Gasteiger charge is 2.15. The smallest absolute Gasteiger partial charge is 0.178 e. The van der Waals surface area contributed by atoms with Crippen molar-refractivity contribution >= 4 is 38.5 Å². The van der Waals surface area contributed by atoms with E-state index in [1.165, 1.54) is 6.33 Å². The van der Waals surface area contributed by atoms with E-state index in [2.05, 4.69) is 20.6 Å². The molecule has 3 rings (SSSR count). The molecule has 0 spiro atoms. The van der Waals surface area contributed by atoms with Crippen LogP contribution in [0.4, 0.5) is 28.7 Å². The predicted octanol–water partition coefficient (Wildman–Crippen LogP) is 4.13. The highest BCUT2D eigenvalue weighted by Crippen LogP contribution is 2.30. The maximum atomic E-state index is 12.3. The van der Waals surface area contributed by atoms with E-state index in [0.717, 1.165) is 16.9 Å². The van der Waals surface area contributed by atoms with Crippen molar-refractivity contribution in [1.82, 2.24) is 9.97 Å². The SMILES string of the molecule is CCS(=O)(=O)c1ccc(N(C)C)c(Nc2cc(Nc3cccc(C)c3)ncn2)c1. The van der Waals surface area contributed by atoms with Crippen LogP contribution in [0.15, 0.2) is 59.8 Å². The van der Waals surface area contributed by atoms with Gasteiger partial charge in [-0.2, -0.15) is 0 Å². The van der Waals surface area contributed by atoms with Crippen molar-refractivity contribution < 1.29 is 8.42 Å². The van der Waals surface area contributed by atoms with Gasteiger partial charge < -0.3 is 15.5 Å². The summed E-state index contributed by atoms with van der Waals surface area (Å²) < 4.78 is 24.6. The number of anilines is 5. The van der Waals surface area contributed by atoms with Crippen LogP contribution < -0.4 is 15.5 Å². The fourth-order valence-electron chi connectivity index (χ4n) is 2.87. The van der Waals surface area contributed by atoms with E-state index >= 15 is 0 Å². The lowest BCUT2D eigenvalue weighted by molar-refractivity contribution is 0.597. The second-order valence-electron chi connectivity index (χ2n) is 6.88. The van der Waals surface area contributed by atoms with Gasteiger partial charge in [0, 0.05) is 25.8 Å². The number of aryl methyl sites for hydroxylation is 1. The standard InChI is InChI=1S/C21H25N5O2S/c1-5-29(27,28)17-9-10-19(26(3)4)18(12-17)25-21-13-20(22-14-23-21)24-16-8-6-7-15(2)11-16/h6-14H,5H2,1-4H3,(H2,22,23,24,25). The molecule has 0 saturated heterocycles. The van der Waals surface area contributed by atoms with Crippen molar-refractivity contribution in [3.8, 4) is 0 Å². The minimum atomic E-state index is -3.31. The number of nitrogens with one attached hydrogen (secondary N) is 2. The van der Waals surface area contributed by atoms with Gasteiger partial charge in [0.15, 0.2) is 9.84 Å². The summed E-state index contributed by atoms with van der Waals surface area (Å²) in [5.74, 6) is 1.24. The van der Waals surface area contributed by atoms with Crippen LogP contribution in [0, 0.1) is 6.92 Å². The summed E-state index contributed by atoms with van der Waals surface area (Å²) in [6.45, 7) is 3.66. The third-order valence-electron chi connectivity index (χ3n) is 4.41. The number of sulfone groups is 1. The van der Waals surface area contributed by atoms with E-state index in [1.54, 1.807) is 31.2 Å². The highest BCUT2D eigenvalue weighted by molar-refractivity contribution is 7.91. The summed E-state index contributed by atoms with van der Waals surface area (Å²) in [5, 5.41) is 6.49. The molecule has 29 heavy (non-hydrogen) atoms. The van der Waals surface area contributed by atoms with Gasteiger partial charge in [0.05, 0.1) is 22.0 Å². The lowest BCUT2D eigenvalue weighted by Crippen LogP contribution is -2.12. The van der Waals surface area contributed by atoms with E-state index in [4.69, 9.17) is 0 Å². The lowest BCUT2D eigenvalue weighted by Gasteiger charge is -2.19. The minimum absolute atomic E-state index is 0.0474. The summed E-state index contributed by atoms with van der Waals surface area (Å²) in [5.41, 5.74) is 3.59. The Hall–Kier alpha value is -3.13. The number of rotatable bonds is 7. The number of benzene rings is 2. The van der Waals surface area contributed by atoms with Crippen LogP contribution in [-0.4, -0.2) is 38.2 Å². The Kier molecular flexibility index (Phi) is 6.03. The van der Waals surface area contributed by atoms with E-state index < -0.39 is 9.84 Å². The second kappa shape index (κ2) is 8.48. The van der Waals surface area contributed by atoms with Gasteiger partial charge in [-0.1, -0.05) is 19.1 Å². The molecule has 0 aliphatic rings. The Morgan fingerprint density at radius 3 is 2.34 bits per heavy atom. The van der Waals surface area contributed by atoms with Crippen molar-refractivity contribution in [2.75, 3.05) is 35.4 Å². The van der Waals surface area contributed by atoms with E-state index in [1.807, 2.05) is 50.2 Å². The Labute approximate surface area is 171 Å². The van der Waals surface area contributed by atoms with Crippen LogP contribution in [0.2, 0.25) is 0 Å². The third-order valence-corrected chi connectivity index (χ3v) is 6.14. The molecule has 7 nitrogen and oxygen atoms in total. The van der Waals surface area contributed by atoms with Crippen LogP contribution in [0.1, 0.15) is 12.5 Å². The fourth-order valence-corrected chi connectivity index (χ4v) is 3.77. The molecule has 152 valence electrons. The van der Waals surface area contributed by atoms with Crippen molar-refractivity contribution in [3.63, 3.8) is 0 Å². The van der Waals surface area contributed by atoms with Crippen molar-refractivity contribution in [3.05, 3.63) is 60.4 Å². The largest absolute Gasteiger partial charge is 0.376 e. The zero-order chi connectivity index (χ0) is 21.0. The molecule has 0 atom stereocenters. The Morgan fingerprint density at radius 1 is 0.966 bits per heavy atom. The molecule has 1 aromatic heterocycles. The molecular weight excluding hydrogens is 386 g/mol. The van der Waals surface area contributed by atoms with Gasteiger partial charge in [0.2, 0.25) is 0 Å². The Balaban J connectivity index is 1.92. The molecule has 0 aliphatic heterocycles. The van der Waals surface area contributed by atoms with E-state index in [9.17, 15) is 8.42 Å². The first-order chi connectivity index (χ1) is 13.8. The van der Waals surface area contributed by atoms with Crippen LogP contribution in [0.25, 0.3) is 0 Å². The molecule has 0 bridgehead atoms. The molecular formula is C21H25N5O2S. The maximum absolute atomic E-state index is 12.3. The fraction of sp³-hybridized carbons (Fsp3) is 0.238. The third kappa shape index (κ3) is 5.03. The average molecular weight is 412 g/mol. The topological polar surface area (TPSA) is 87.2 Å². The molecule has 2 aromatic carbocycles. The van der Waals surface area contributed by atoms with Crippen LogP contribution in [0.3, 0.4) is 0 Å². The molecule has 0 unspecified atom stereocenters. The summed E-state index contributed by atoms with van der Waals surface area (Å²) in [7, 11) is 0.492. The number of nitrogens with zero attached hydrogens (tertiary/aromatic N) is 3. The molecule has 0 aliphatic carbocycles. The zero-order valence-electron chi connectivity index (χ0n) is 17.0. The molecule has 0 radical (unpaired) electrons. The van der Waals surface area contributed by atoms with E-state index in [-0.39, 0.29) is 10.6 Å². The van der Waals surface area contributed by atoms with E-state index in [0.29, 0.717) is 17.3 Å². The van der Waals surface area contributed by atoms with Gasteiger partial charge in [-0.25, -0.2) is 18.4 Å². The van der Waals surface area contributed by atoms with Crippen LogP contribution >= 0.6 is 0 Å². The second-order valence-corrected chi connectivity index (χ2v) is 9.16. The van der Waals surface area contributed by atoms with Crippen molar-refractivity contribution in [1.29, 1.82) is 0 Å². The molecule has 2 N–H and O–H groups in total. The van der Waals surface area contributed by atoms with Gasteiger partial charge >= 0.3 is 0 Å². The van der Waals surface area contributed by atoms with Gasteiger partial charge in [0.25, 0.3) is 0 Å². The molecule has 0 saturated carbocycles. The van der Waals surface area contributed by atoms with Gasteiger partial charge in [-0.15, -0.1) is 0 Å². The molecule has 0 amide bonds. The first-order valence-corrected chi connectivity index (χ1v) is 10.9. The van der Waals surface area contributed by atoms with Gasteiger partial charge in [0.1, 0.15) is 18.0 Å². The predicted molar refractivity (Wildman–Crippen MR) is 118 cm³/mol. The molecule has 1 heterocycles. The molecule has 0 fully saturated rings. The van der Waals surface area contributed by atoms with Gasteiger partial charge in [-0.05, 0) is 42.8 Å². The number of hydrogen-bond donors (Lipinski definition) is 2. The van der Waals surface area contributed by atoms with Crippen LogP contribution in [-0.2, 0) is 9.84 Å². The summed E-state index contributed by atoms with van der Waals surface area (Å²) in [6.07, 6.45) is 1.46. The summed E-state index contributed by atoms with van der Waals surface area (Å²) >= 11 is 0. The zero-order valence-corrected chi connectivity index (χ0v) is 17.8. The summed E-state index contributed by atoms with van der Waals surface area (Å²) in [4.78, 5) is 10.7. The average Bonchev–Trinajstić information content (AvgIpc) is 2.68. The monoisotopic (exact) mass is 411 g/mol. The lowest BCUT2D eigenvalue weighted by atomic mass is 10.2.